The van der Waals surface area contributed by atoms with Gasteiger partial charge in [0.1, 0.15) is 11.5 Å². The second-order valence-electron chi connectivity index (χ2n) is 5.86. The van der Waals surface area contributed by atoms with Crippen LogP contribution in [0.25, 0.3) is 0 Å². The molecular formula is C19H16ClN3O. The predicted octanol–water partition coefficient (Wildman–Crippen LogP) is 4.47. The maximum atomic E-state index is 9.69. The monoisotopic (exact) mass is 337 g/mol. The molecule has 0 aliphatic carbocycles. The van der Waals surface area contributed by atoms with Crippen LogP contribution >= 0.6 is 11.6 Å². The maximum absolute atomic E-state index is 9.69. The largest absolute Gasteiger partial charge is 0.457 e. The lowest BCUT2D eigenvalue weighted by atomic mass is 9.74. The van der Waals surface area contributed by atoms with Gasteiger partial charge in [0.15, 0.2) is 6.19 Å². The van der Waals surface area contributed by atoms with E-state index >= 15 is 0 Å². The van der Waals surface area contributed by atoms with Gasteiger partial charge in [0.05, 0.1) is 11.5 Å². The summed E-state index contributed by atoms with van der Waals surface area (Å²) >= 11 is 5.86. The Bertz CT molecular complexity index is 779. The molecule has 1 fully saturated rings. The van der Waals surface area contributed by atoms with E-state index in [1.165, 1.54) is 0 Å². The van der Waals surface area contributed by atoms with Crippen LogP contribution in [0.2, 0.25) is 5.02 Å². The number of hydrogen-bond donors (Lipinski definition) is 0. The van der Waals surface area contributed by atoms with Crippen LogP contribution in [0, 0.1) is 22.8 Å². The molecule has 3 rings (SSSR count). The van der Waals surface area contributed by atoms with E-state index in [1.807, 2.05) is 36.4 Å². The molecule has 0 spiro atoms. The number of piperidine rings is 1. The highest BCUT2D eigenvalue weighted by Gasteiger charge is 2.36. The summed E-state index contributed by atoms with van der Waals surface area (Å²) in [4.78, 5) is 1.70. The van der Waals surface area contributed by atoms with Gasteiger partial charge in [-0.25, -0.2) is 0 Å². The van der Waals surface area contributed by atoms with Crippen molar-refractivity contribution >= 4 is 11.6 Å². The summed E-state index contributed by atoms with van der Waals surface area (Å²) in [7, 11) is 0. The lowest BCUT2D eigenvalue weighted by Gasteiger charge is -2.35. The second-order valence-corrected chi connectivity index (χ2v) is 6.30. The number of rotatable bonds is 3. The van der Waals surface area contributed by atoms with Crippen LogP contribution in [-0.4, -0.2) is 18.0 Å². The van der Waals surface area contributed by atoms with E-state index in [2.05, 4.69) is 12.3 Å². The van der Waals surface area contributed by atoms with Gasteiger partial charge in [-0.05, 0) is 54.8 Å². The van der Waals surface area contributed by atoms with E-state index in [4.69, 9.17) is 21.6 Å². The molecule has 24 heavy (non-hydrogen) atoms. The summed E-state index contributed by atoms with van der Waals surface area (Å²) < 4.78 is 5.78. The third-order valence-corrected chi connectivity index (χ3v) is 4.68. The number of nitriles is 2. The van der Waals surface area contributed by atoms with Crippen LogP contribution < -0.4 is 4.74 Å². The normalized spacial score (nSPS) is 16.0. The van der Waals surface area contributed by atoms with Crippen LogP contribution in [0.5, 0.6) is 11.5 Å². The molecule has 2 aromatic carbocycles. The molecule has 0 atom stereocenters. The van der Waals surface area contributed by atoms with Gasteiger partial charge in [-0.2, -0.15) is 10.5 Å². The Morgan fingerprint density at radius 1 is 0.917 bits per heavy atom. The lowest BCUT2D eigenvalue weighted by Crippen LogP contribution is -2.39. The summed E-state index contributed by atoms with van der Waals surface area (Å²) in [5, 5.41) is 19.3. The minimum absolute atomic E-state index is 0.522. The van der Waals surface area contributed by atoms with Gasteiger partial charge in [0.2, 0.25) is 0 Å². The first-order chi connectivity index (χ1) is 11.6. The van der Waals surface area contributed by atoms with Crippen molar-refractivity contribution in [1.82, 2.24) is 4.90 Å². The maximum Gasteiger partial charge on any atom is 0.179 e. The van der Waals surface area contributed by atoms with Gasteiger partial charge >= 0.3 is 0 Å². The fourth-order valence-electron chi connectivity index (χ4n) is 2.93. The smallest absolute Gasteiger partial charge is 0.179 e. The molecule has 1 saturated heterocycles. The first-order valence-electron chi connectivity index (χ1n) is 7.75. The predicted molar refractivity (Wildman–Crippen MR) is 91.7 cm³/mol. The second kappa shape index (κ2) is 6.83. The van der Waals surface area contributed by atoms with E-state index in [0.717, 1.165) is 5.56 Å². The van der Waals surface area contributed by atoms with Gasteiger partial charge in [-0.1, -0.05) is 23.7 Å². The van der Waals surface area contributed by atoms with E-state index < -0.39 is 5.41 Å². The van der Waals surface area contributed by atoms with Crippen LogP contribution in [0.1, 0.15) is 18.4 Å². The topological polar surface area (TPSA) is 60.0 Å². The van der Waals surface area contributed by atoms with E-state index in [0.29, 0.717) is 42.5 Å². The van der Waals surface area contributed by atoms with E-state index in [-0.39, 0.29) is 0 Å². The number of benzene rings is 2. The van der Waals surface area contributed by atoms with E-state index in [1.54, 1.807) is 17.0 Å². The van der Waals surface area contributed by atoms with Gasteiger partial charge < -0.3 is 9.64 Å². The molecule has 4 nitrogen and oxygen atoms in total. The Kier molecular flexibility index (Phi) is 4.60. The quantitative estimate of drug-likeness (QED) is 0.775. The lowest BCUT2D eigenvalue weighted by molar-refractivity contribution is 0.255. The van der Waals surface area contributed by atoms with Crippen molar-refractivity contribution in [3.63, 3.8) is 0 Å². The molecule has 1 heterocycles. The first kappa shape index (κ1) is 16.2. The van der Waals surface area contributed by atoms with Crippen molar-refractivity contribution in [2.45, 2.75) is 18.3 Å². The average Bonchev–Trinajstić information content (AvgIpc) is 2.64. The zero-order chi connectivity index (χ0) is 17.0. The number of halogens is 1. The first-order valence-corrected chi connectivity index (χ1v) is 8.13. The molecule has 0 N–H and O–H groups in total. The fourth-order valence-corrected chi connectivity index (χ4v) is 3.06. The molecule has 1 aliphatic rings. The van der Waals surface area contributed by atoms with Crippen molar-refractivity contribution < 1.29 is 4.74 Å². The van der Waals surface area contributed by atoms with Crippen LogP contribution in [-0.2, 0) is 5.41 Å². The van der Waals surface area contributed by atoms with Gasteiger partial charge in [-0.15, -0.1) is 0 Å². The average molecular weight is 338 g/mol. The molecule has 0 aromatic heterocycles. The third kappa shape index (κ3) is 3.30. The summed E-state index contributed by atoms with van der Waals surface area (Å²) in [6.45, 7) is 1.24. The SMILES string of the molecule is N#CN1CCC(C#N)(c2ccc(Oc3ccc(Cl)cc3)cc2)CC1. The van der Waals surface area contributed by atoms with E-state index in [9.17, 15) is 5.26 Å². The molecule has 0 amide bonds. The molecule has 0 bridgehead atoms. The van der Waals surface area contributed by atoms with Crippen molar-refractivity contribution in [3.05, 3.63) is 59.1 Å². The Hall–Kier alpha value is -2.69. The zero-order valence-electron chi connectivity index (χ0n) is 13.1. The molecule has 120 valence electrons. The summed E-state index contributed by atoms with van der Waals surface area (Å²) in [5.41, 5.74) is 0.456. The Morgan fingerprint density at radius 2 is 1.46 bits per heavy atom. The van der Waals surface area contributed by atoms with Gasteiger partial charge in [0, 0.05) is 18.1 Å². The zero-order valence-corrected chi connectivity index (χ0v) is 13.8. The molecule has 1 aliphatic heterocycles. The molecule has 5 heteroatoms. The highest BCUT2D eigenvalue weighted by molar-refractivity contribution is 6.30. The van der Waals surface area contributed by atoms with Crippen molar-refractivity contribution in [2.75, 3.05) is 13.1 Å². The van der Waals surface area contributed by atoms with Crippen molar-refractivity contribution in [2.24, 2.45) is 0 Å². The number of likely N-dealkylation sites (tertiary alicyclic amines) is 1. The van der Waals surface area contributed by atoms with Gasteiger partial charge in [-0.3, -0.25) is 0 Å². The number of ether oxygens (including phenoxy) is 1. The Balaban J connectivity index is 1.75. The van der Waals surface area contributed by atoms with Crippen LogP contribution in [0.4, 0.5) is 0 Å². The van der Waals surface area contributed by atoms with Crippen molar-refractivity contribution in [1.29, 1.82) is 10.5 Å². The van der Waals surface area contributed by atoms with Gasteiger partial charge in [0.25, 0.3) is 0 Å². The number of nitrogens with zero attached hydrogens (tertiary/aromatic N) is 3. The summed E-state index contributed by atoms with van der Waals surface area (Å²) in [6.07, 6.45) is 3.47. The third-order valence-electron chi connectivity index (χ3n) is 4.43. The minimum Gasteiger partial charge on any atom is -0.457 e. The molecule has 2 aromatic rings. The molecule has 0 radical (unpaired) electrons. The molecule has 0 saturated carbocycles. The van der Waals surface area contributed by atoms with Crippen LogP contribution in [0.15, 0.2) is 48.5 Å². The highest BCUT2D eigenvalue weighted by Crippen LogP contribution is 2.36. The number of hydrogen-bond acceptors (Lipinski definition) is 4. The summed E-state index contributed by atoms with van der Waals surface area (Å²) in [5.74, 6) is 1.42. The molecule has 0 unspecified atom stereocenters. The standard InChI is InChI=1S/C19H16ClN3O/c20-16-3-7-18(8-4-16)24-17-5-1-15(2-6-17)19(13-21)9-11-23(14-22)12-10-19/h1-8H,9-12H2. The Labute approximate surface area is 146 Å². The summed E-state index contributed by atoms with van der Waals surface area (Å²) in [6, 6.07) is 17.3. The fraction of sp³-hybridized carbons (Fsp3) is 0.263. The van der Waals surface area contributed by atoms with Crippen molar-refractivity contribution in [3.8, 4) is 23.8 Å². The minimum atomic E-state index is -0.522. The molecular weight excluding hydrogens is 322 g/mol. The highest BCUT2D eigenvalue weighted by atomic mass is 35.5. The van der Waals surface area contributed by atoms with Crippen LogP contribution in [0.3, 0.4) is 0 Å². The Morgan fingerprint density at radius 3 is 1.96 bits per heavy atom.